The number of carbonyl (C=O) groups excluding carboxylic acids is 2. The van der Waals surface area contributed by atoms with E-state index in [2.05, 4.69) is 16.2 Å². The highest BCUT2D eigenvalue weighted by atomic mass is 32.1. The number of likely N-dealkylation sites (tertiary alicyclic amines) is 1. The molecule has 1 aliphatic rings. The summed E-state index contributed by atoms with van der Waals surface area (Å²) >= 11 is 5.04. The third-order valence-corrected chi connectivity index (χ3v) is 3.49. The fourth-order valence-corrected chi connectivity index (χ4v) is 2.61. The number of hydrogen-bond acceptors (Lipinski definition) is 4. The van der Waals surface area contributed by atoms with Crippen molar-refractivity contribution in [2.75, 3.05) is 6.54 Å². The molecule has 0 saturated carbocycles. The van der Waals surface area contributed by atoms with Gasteiger partial charge in [-0.1, -0.05) is 0 Å². The molecule has 0 spiro atoms. The molecule has 1 aromatic heterocycles. The van der Waals surface area contributed by atoms with Crippen LogP contribution in [0.1, 0.15) is 37.2 Å². The van der Waals surface area contributed by atoms with Crippen LogP contribution in [0.25, 0.3) is 0 Å². The lowest BCUT2D eigenvalue weighted by atomic mass is 10.2. The van der Waals surface area contributed by atoms with Gasteiger partial charge < -0.3 is 14.6 Å². The van der Waals surface area contributed by atoms with E-state index in [0.717, 1.165) is 6.42 Å². The first kappa shape index (κ1) is 16.3. The van der Waals surface area contributed by atoms with Gasteiger partial charge in [-0.25, -0.2) is 0 Å². The van der Waals surface area contributed by atoms with Gasteiger partial charge in [-0.2, -0.15) is 0 Å². The van der Waals surface area contributed by atoms with Gasteiger partial charge in [-0.05, 0) is 51.0 Å². The quantitative estimate of drug-likeness (QED) is 0.563. The van der Waals surface area contributed by atoms with Crippen molar-refractivity contribution in [1.29, 1.82) is 0 Å². The average molecular weight is 324 g/mol. The minimum atomic E-state index is -0.521. The lowest BCUT2D eigenvalue weighted by Gasteiger charge is -2.23. The molecule has 1 fully saturated rings. The molecular weight excluding hydrogens is 304 g/mol. The van der Waals surface area contributed by atoms with Gasteiger partial charge in [-0.3, -0.25) is 20.4 Å². The van der Waals surface area contributed by atoms with Crippen LogP contribution in [0, 0.1) is 0 Å². The number of hydrazine groups is 1. The van der Waals surface area contributed by atoms with Crippen LogP contribution >= 0.6 is 12.2 Å². The first-order valence-electron chi connectivity index (χ1n) is 7.20. The van der Waals surface area contributed by atoms with Crippen molar-refractivity contribution in [2.24, 2.45) is 0 Å². The molecule has 0 radical (unpaired) electrons. The SMILES string of the molecule is CC(C)NC(=S)NNC(=O)C1CCCN1C(=O)c1ccco1. The van der Waals surface area contributed by atoms with Crippen LogP contribution in [0.5, 0.6) is 0 Å². The molecule has 2 heterocycles. The van der Waals surface area contributed by atoms with Crippen LogP contribution in [-0.4, -0.2) is 40.5 Å². The Bertz CT molecular complexity index is 544. The number of nitrogens with one attached hydrogen (secondary N) is 3. The Hall–Kier alpha value is -2.09. The predicted molar refractivity (Wildman–Crippen MR) is 84.9 cm³/mol. The Morgan fingerprint density at radius 2 is 2.18 bits per heavy atom. The number of carbonyl (C=O) groups is 2. The molecule has 1 saturated heterocycles. The maximum atomic E-state index is 12.3. The minimum absolute atomic E-state index is 0.167. The van der Waals surface area contributed by atoms with E-state index in [9.17, 15) is 9.59 Å². The first-order valence-corrected chi connectivity index (χ1v) is 7.60. The van der Waals surface area contributed by atoms with Gasteiger partial charge in [-0.15, -0.1) is 0 Å². The largest absolute Gasteiger partial charge is 0.459 e. The molecule has 2 amide bonds. The number of hydrogen-bond donors (Lipinski definition) is 3. The molecule has 0 aromatic carbocycles. The summed E-state index contributed by atoms with van der Waals surface area (Å²) in [5, 5.41) is 3.29. The Balaban J connectivity index is 1.91. The lowest BCUT2D eigenvalue weighted by molar-refractivity contribution is -0.125. The maximum absolute atomic E-state index is 12.3. The van der Waals surface area contributed by atoms with Crippen LogP contribution in [0.4, 0.5) is 0 Å². The van der Waals surface area contributed by atoms with E-state index in [-0.39, 0.29) is 23.6 Å². The molecule has 1 aliphatic heterocycles. The van der Waals surface area contributed by atoms with Crippen molar-refractivity contribution in [3.05, 3.63) is 24.2 Å². The summed E-state index contributed by atoms with van der Waals surface area (Å²) in [6, 6.07) is 2.89. The van der Waals surface area contributed by atoms with Crippen molar-refractivity contribution in [1.82, 2.24) is 21.1 Å². The summed E-state index contributed by atoms with van der Waals surface area (Å²) < 4.78 is 5.11. The second-order valence-electron chi connectivity index (χ2n) is 5.38. The molecule has 1 atom stereocenters. The van der Waals surface area contributed by atoms with Crippen molar-refractivity contribution in [2.45, 2.75) is 38.8 Å². The zero-order chi connectivity index (χ0) is 16.1. The van der Waals surface area contributed by atoms with E-state index in [0.29, 0.717) is 18.1 Å². The highest BCUT2D eigenvalue weighted by Crippen LogP contribution is 2.20. The molecule has 7 nitrogen and oxygen atoms in total. The van der Waals surface area contributed by atoms with Crippen LogP contribution in [0.15, 0.2) is 22.8 Å². The standard InChI is InChI=1S/C14H20N4O3S/c1-9(2)15-14(22)17-16-12(19)10-5-3-7-18(10)13(20)11-6-4-8-21-11/h4,6,8-10H,3,5,7H2,1-2H3,(H,16,19)(H2,15,17,22). The summed E-state index contributed by atoms with van der Waals surface area (Å²) in [5.74, 6) is -0.319. The topological polar surface area (TPSA) is 86.6 Å². The van der Waals surface area contributed by atoms with E-state index < -0.39 is 6.04 Å². The van der Waals surface area contributed by atoms with E-state index in [1.165, 1.54) is 11.2 Å². The zero-order valence-corrected chi connectivity index (χ0v) is 13.4. The van der Waals surface area contributed by atoms with Crippen molar-refractivity contribution in [3.63, 3.8) is 0 Å². The lowest BCUT2D eigenvalue weighted by Crippen LogP contribution is -2.54. The zero-order valence-electron chi connectivity index (χ0n) is 12.6. The predicted octanol–water partition coefficient (Wildman–Crippen LogP) is 0.788. The smallest absolute Gasteiger partial charge is 0.290 e. The van der Waals surface area contributed by atoms with Crippen LogP contribution in [0.2, 0.25) is 0 Å². The number of rotatable bonds is 3. The molecule has 0 aliphatic carbocycles. The third-order valence-electron chi connectivity index (χ3n) is 3.27. The highest BCUT2D eigenvalue weighted by molar-refractivity contribution is 7.80. The van der Waals surface area contributed by atoms with Crippen LogP contribution in [-0.2, 0) is 4.79 Å². The van der Waals surface area contributed by atoms with Crippen LogP contribution in [0.3, 0.4) is 0 Å². The van der Waals surface area contributed by atoms with Gasteiger partial charge >= 0.3 is 0 Å². The van der Waals surface area contributed by atoms with Crippen molar-refractivity contribution in [3.8, 4) is 0 Å². The Kier molecular flexibility index (Phi) is 5.37. The Labute approximate surface area is 134 Å². The summed E-state index contributed by atoms with van der Waals surface area (Å²) in [6.07, 6.45) is 2.83. The number of thiocarbonyl (C=S) groups is 1. The Morgan fingerprint density at radius 3 is 2.82 bits per heavy atom. The minimum Gasteiger partial charge on any atom is -0.459 e. The first-order chi connectivity index (χ1) is 10.5. The molecule has 1 aromatic rings. The fourth-order valence-electron chi connectivity index (χ4n) is 2.32. The molecule has 1 unspecified atom stereocenters. The molecule has 2 rings (SSSR count). The number of amides is 2. The summed E-state index contributed by atoms with van der Waals surface area (Å²) in [5.41, 5.74) is 5.19. The number of nitrogens with zero attached hydrogens (tertiary/aromatic N) is 1. The fraction of sp³-hybridized carbons (Fsp3) is 0.500. The van der Waals surface area contributed by atoms with E-state index in [4.69, 9.17) is 16.6 Å². The Morgan fingerprint density at radius 1 is 1.41 bits per heavy atom. The normalized spacial score (nSPS) is 17.4. The maximum Gasteiger partial charge on any atom is 0.290 e. The average Bonchev–Trinajstić information content (AvgIpc) is 3.13. The third kappa shape index (κ3) is 3.97. The van der Waals surface area contributed by atoms with E-state index in [1.54, 1.807) is 12.1 Å². The second kappa shape index (κ2) is 7.26. The van der Waals surface area contributed by atoms with Gasteiger partial charge in [0.15, 0.2) is 10.9 Å². The van der Waals surface area contributed by atoms with Gasteiger partial charge in [0.25, 0.3) is 11.8 Å². The molecule has 3 N–H and O–H groups in total. The molecule has 0 bridgehead atoms. The molecular formula is C14H20N4O3S. The number of furan rings is 1. The van der Waals surface area contributed by atoms with E-state index >= 15 is 0 Å². The monoisotopic (exact) mass is 324 g/mol. The molecule has 22 heavy (non-hydrogen) atoms. The second-order valence-corrected chi connectivity index (χ2v) is 5.78. The molecule has 8 heteroatoms. The van der Waals surface area contributed by atoms with E-state index in [1.807, 2.05) is 13.8 Å². The van der Waals surface area contributed by atoms with Crippen molar-refractivity contribution >= 4 is 29.1 Å². The van der Waals surface area contributed by atoms with Gasteiger partial charge in [0.05, 0.1) is 6.26 Å². The summed E-state index contributed by atoms with van der Waals surface area (Å²) in [6.45, 7) is 4.42. The van der Waals surface area contributed by atoms with Crippen LogP contribution < -0.4 is 16.2 Å². The van der Waals surface area contributed by atoms with Crippen molar-refractivity contribution < 1.29 is 14.0 Å². The molecule has 120 valence electrons. The summed E-state index contributed by atoms with van der Waals surface area (Å²) in [7, 11) is 0. The van der Waals surface area contributed by atoms with Gasteiger partial charge in [0.2, 0.25) is 0 Å². The van der Waals surface area contributed by atoms with Gasteiger partial charge in [0.1, 0.15) is 6.04 Å². The van der Waals surface area contributed by atoms with Gasteiger partial charge in [0, 0.05) is 12.6 Å². The summed E-state index contributed by atoms with van der Waals surface area (Å²) in [4.78, 5) is 26.1. The highest BCUT2D eigenvalue weighted by Gasteiger charge is 2.35.